The quantitative estimate of drug-likeness (QED) is 0.792. The Kier molecular flexibility index (Phi) is 4.41. The smallest absolute Gasteiger partial charge is 0.0520 e. The summed E-state index contributed by atoms with van der Waals surface area (Å²) in [6.45, 7) is 8.73. The van der Waals surface area contributed by atoms with Gasteiger partial charge in [0.1, 0.15) is 0 Å². The van der Waals surface area contributed by atoms with Crippen LogP contribution in [0.25, 0.3) is 0 Å². The first kappa shape index (κ1) is 15.3. The predicted octanol–water partition coefficient (Wildman–Crippen LogP) is 3.34. The molecule has 2 aliphatic rings. The van der Waals surface area contributed by atoms with Crippen LogP contribution in [0.2, 0.25) is 0 Å². The molecule has 1 fully saturated rings. The number of aliphatic carboxylic acids is 1. The maximum absolute atomic E-state index is 12.0. The van der Waals surface area contributed by atoms with Gasteiger partial charge in [0.15, 0.2) is 0 Å². The molecule has 0 amide bonds. The summed E-state index contributed by atoms with van der Waals surface area (Å²) in [4.78, 5) is 12.0. The van der Waals surface area contributed by atoms with Crippen LogP contribution < -0.4 is 5.11 Å². The molecule has 0 aromatic carbocycles. The topological polar surface area (TPSA) is 40.1 Å². The van der Waals surface area contributed by atoms with Crippen molar-refractivity contribution >= 4 is 5.97 Å². The van der Waals surface area contributed by atoms with Crippen molar-refractivity contribution in [3.8, 4) is 0 Å². The van der Waals surface area contributed by atoms with Gasteiger partial charge in [-0.3, -0.25) is 0 Å². The highest BCUT2D eigenvalue weighted by molar-refractivity contribution is 5.76. The normalized spacial score (nSPS) is 37.9. The molecule has 2 heteroatoms. The number of hydrogen-bond acceptors (Lipinski definition) is 2. The molecule has 0 saturated heterocycles. The molecule has 4 unspecified atom stereocenters. The number of carboxylic acids is 1. The maximum Gasteiger partial charge on any atom is 0.0520 e. The maximum atomic E-state index is 12.0. The summed E-state index contributed by atoms with van der Waals surface area (Å²) in [5, 5.41) is 12.0. The molecule has 0 heterocycles. The van der Waals surface area contributed by atoms with E-state index in [-0.39, 0.29) is 5.92 Å². The van der Waals surface area contributed by atoms with Crippen LogP contribution in [-0.2, 0) is 4.79 Å². The van der Waals surface area contributed by atoms with Crippen LogP contribution in [0.15, 0.2) is 23.8 Å². The highest BCUT2D eigenvalue weighted by Crippen LogP contribution is 2.50. The highest BCUT2D eigenvalue weighted by atomic mass is 16.4. The van der Waals surface area contributed by atoms with E-state index in [1.54, 1.807) is 0 Å². The van der Waals surface area contributed by atoms with Gasteiger partial charge in [0, 0.05) is 5.41 Å². The number of carbonyl (C=O) groups is 1. The van der Waals surface area contributed by atoms with Crippen LogP contribution in [0, 0.1) is 29.1 Å². The van der Waals surface area contributed by atoms with Crippen molar-refractivity contribution in [1.29, 1.82) is 0 Å². The molecule has 1 saturated carbocycles. The van der Waals surface area contributed by atoms with Crippen LogP contribution in [0.4, 0.5) is 0 Å². The molecule has 112 valence electrons. The Balaban J connectivity index is 2.36. The van der Waals surface area contributed by atoms with Gasteiger partial charge in [-0.2, -0.15) is 0 Å². The van der Waals surface area contributed by atoms with Gasteiger partial charge in [-0.15, -0.1) is 0 Å². The Morgan fingerprint density at radius 2 is 2.10 bits per heavy atom. The van der Waals surface area contributed by atoms with Crippen LogP contribution in [0.3, 0.4) is 0 Å². The van der Waals surface area contributed by atoms with Gasteiger partial charge in [-0.1, -0.05) is 51.0 Å². The van der Waals surface area contributed by atoms with E-state index in [1.807, 2.05) is 19.1 Å². The van der Waals surface area contributed by atoms with Crippen molar-refractivity contribution < 1.29 is 9.90 Å². The molecule has 0 N–H and O–H groups in total. The fourth-order valence-corrected chi connectivity index (χ4v) is 4.12. The van der Waals surface area contributed by atoms with Crippen molar-refractivity contribution in [2.45, 2.75) is 53.4 Å². The monoisotopic (exact) mass is 275 g/mol. The summed E-state index contributed by atoms with van der Waals surface area (Å²) in [5.74, 6) is 0.954. The van der Waals surface area contributed by atoms with Gasteiger partial charge in [-0.25, -0.2) is 0 Å². The van der Waals surface area contributed by atoms with E-state index in [0.29, 0.717) is 24.2 Å². The lowest BCUT2D eigenvalue weighted by Crippen LogP contribution is -2.51. The lowest BCUT2D eigenvalue weighted by Gasteiger charge is -2.49. The minimum Gasteiger partial charge on any atom is -0.549 e. The lowest BCUT2D eigenvalue weighted by atomic mass is 9.57. The van der Waals surface area contributed by atoms with Crippen molar-refractivity contribution in [1.82, 2.24) is 0 Å². The van der Waals surface area contributed by atoms with E-state index in [9.17, 15) is 9.90 Å². The summed E-state index contributed by atoms with van der Waals surface area (Å²) in [6, 6.07) is 0. The van der Waals surface area contributed by atoms with Gasteiger partial charge >= 0.3 is 0 Å². The predicted molar refractivity (Wildman–Crippen MR) is 79.8 cm³/mol. The summed E-state index contributed by atoms with van der Waals surface area (Å²) in [6.07, 6.45) is 9.93. The van der Waals surface area contributed by atoms with E-state index in [2.05, 4.69) is 26.8 Å². The largest absolute Gasteiger partial charge is 0.549 e. The third-order valence-electron chi connectivity index (χ3n) is 5.47. The first-order valence-electron chi connectivity index (χ1n) is 7.94. The van der Waals surface area contributed by atoms with E-state index >= 15 is 0 Å². The fraction of sp³-hybridized carbons (Fsp3) is 0.722. The molecule has 2 aliphatic carbocycles. The SMILES string of the molecule is CC1=CCC(C(=O)[O-])(C2CC(C)CCC2C(C)C)C=C1. The molecule has 0 aliphatic heterocycles. The number of allylic oxidation sites excluding steroid dienone is 3. The average Bonchev–Trinajstić information content (AvgIpc) is 2.39. The number of hydrogen-bond donors (Lipinski definition) is 0. The van der Waals surface area contributed by atoms with Gasteiger partial charge in [0.25, 0.3) is 0 Å². The summed E-state index contributed by atoms with van der Waals surface area (Å²) in [7, 11) is 0. The van der Waals surface area contributed by atoms with E-state index < -0.39 is 11.4 Å². The standard InChI is InChI=1S/C18H28O2/c1-12(2)15-6-5-14(4)11-16(15)18(17(19)20)9-7-13(3)8-10-18/h7-9,12,14-16H,5-6,10-11H2,1-4H3,(H,19,20)/p-1. The Labute approximate surface area is 123 Å². The summed E-state index contributed by atoms with van der Waals surface area (Å²) >= 11 is 0. The molecule has 0 spiro atoms. The van der Waals surface area contributed by atoms with E-state index in [0.717, 1.165) is 18.4 Å². The van der Waals surface area contributed by atoms with Gasteiger partial charge in [0.2, 0.25) is 0 Å². The van der Waals surface area contributed by atoms with Crippen molar-refractivity contribution in [3.63, 3.8) is 0 Å². The number of carboxylic acid groups (broad SMARTS) is 1. The molecular formula is C18H27O2-. The molecule has 2 nitrogen and oxygen atoms in total. The summed E-state index contributed by atoms with van der Waals surface area (Å²) < 4.78 is 0. The molecule has 0 aromatic heterocycles. The minimum absolute atomic E-state index is 0.205. The second kappa shape index (κ2) is 5.75. The second-order valence-electron chi connectivity index (χ2n) is 7.25. The molecule has 4 atom stereocenters. The fourth-order valence-electron chi connectivity index (χ4n) is 4.12. The molecule has 2 rings (SSSR count). The first-order chi connectivity index (χ1) is 9.36. The Morgan fingerprint density at radius 1 is 1.40 bits per heavy atom. The molecule has 20 heavy (non-hydrogen) atoms. The zero-order valence-electron chi connectivity index (χ0n) is 13.2. The average molecular weight is 275 g/mol. The summed E-state index contributed by atoms with van der Waals surface area (Å²) in [5.41, 5.74) is 0.371. The minimum atomic E-state index is -0.887. The molecule has 0 radical (unpaired) electrons. The Bertz CT molecular complexity index is 433. The second-order valence-corrected chi connectivity index (χ2v) is 7.25. The molecule has 0 bridgehead atoms. The Hall–Kier alpha value is -1.05. The van der Waals surface area contributed by atoms with E-state index in [1.165, 1.54) is 6.42 Å². The van der Waals surface area contributed by atoms with Gasteiger partial charge < -0.3 is 9.90 Å². The van der Waals surface area contributed by atoms with Gasteiger partial charge in [-0.05, 0) is 49.9 Å². The van der Waals surface area contributed by atoms with Crippen molar-refractivity contribution in [3.05, 3.63) is 23.8 Å². The Morgan fingerprint density at radius 3 is 2.60 bits per heavy atom. The van der Waals surface area contributed by atoms with E-state index in [4.69, 9.17) is 0 Å². The van der Waals surface area contributed by atoms with Crippen LogP contribution >= 0.6 is 0 Å². The first-order valence-corrected chi connectivity index (χ1v) is 7.94. The molecule has 0 aromatic rings. The zero-order valence-corrected chi connectivity index (χ0v) is 13.2. The van der Waals surface area contributed by atoms with Crippen molar-refractivity contribution in [2.24, 2.45) is 29.1 Å². The van der Waals surface area contributed by atoms with Crippen LogP contribution in [-0.4, -0.2) is 5.97 Å². The lowest BCUT2D eigenvalue weighted by molar-refractivity contribution is -0.320. The highest BCUT2D eigenvalue weighted by Gasteiger charge is 2.45. The number of rotatable bonds is 3. The third kappa shape index (κ3) is 2.70. The number of carbonyl (C=O) groups excluding carboxylic acids is 1. The zero-order chi connectivity index (χ0) is 14.9. The van der Waals surface area contributed by atoms with Crippen molar-refractivity contribution in [2.75, 3.05) is 0 Å². The van der Waals surface area contributed by atoms with Crippen LogP contribution in [0.5, 0.6) is 0 Å². The van der Waals surface area contributed by atoms with Gasteiger partial charge in [0.05, 0.1) is 5.97 Å². The molecular weight excluding hydrogens is 248 g/mol. The van der Waals surface area contributed by atoms with Crippen LogP contribution in [0.1, 0.15) is 53.4 Å². The third-order valence-corrected chi connectivity index (χ3v) is 5.47.